The van der Waals surface area contributed by atoms with Crippen molar-refractivity contribution >= 4 is 27.6 Å². The third kappa shape index (κ3) is 4.58. The lowest BCUT2D eigenvalue weighted by Crippen LogP contribution is -2.27. The number of benzene rings is 1. The summed E-state index contributed by atoms with van der Waals surface area (Å²) in [5.41, 5.74) is 0.825. The van der Waals surface area contributed by atoms with Crippen molar-refractivity contribution in [1.29, 1.82) is 0 Å². The lowest BCUT2D eigenvalue weighted by Gasteiger charge is -2.23. The van der Waals surface area contributed by atoms with Crippen LogP contribution >= 0.6 is 0 Å². The first kappa shape index (κ1) is 19.4. The third-order valence-electron chi connectivity index (χ3n) is 3.45. The molecule has 0 bridgehead atoms. The van der Waals surface area contributed by atoms with Gasteiger partial charge in [0.05, 0.1) is 25.5 Å². The molecule has 1 aliphatic heterocycles. The van der Waals surface area contributed by atoms with Crippen molar-refractivity contribution in [3.05, 3.63) is 65.5 Å². The number of hydrogen-bond donors (Lipinski definition) is 1. The number of carbonyl (C=O) groups excluding carboxylic acids is 2. The number of allylic oxidation sites excluding steroid dienone is 2. The largest absolute Gasteiger partial charge is 0.465 e. The summed E-state index contributed by atoms with van der Waals surface area (Å²) >= 11 is 0. The smallest absolute Gasteiger partial charge is 0.355 e. The van der Waals surface area contributed by atoms with Gasteiger partial charge >= 0.3 is 11.9 Å². The molecule has 138 valence electrons. The molecule has 1 aromatic carbocycles. The van der Waals surface area contributed by atoms with Gasteiger partial charge in [0.2, 0.25) is 10.0 Å². The number of hydrogen-bond acceptors (Lipinski definition) is 7. The lowest BCUT2D eigenvalue weighted by molar-refractivity contribution is -0.139. The van der Waals surface area contributed by atoms with Crippen LogP contribution in [0, 0.1) is 0 Å². The van der Waals surface area contributed by atoms with E-state index in [-0.39, 0.29) is 17.0 Å². The van der Waals surface area contributed by atoms with Crippen LogP contribution in [0.4, 0.5) is 5.69 Å². The molecule has 2 N–H and O–H groups in total. The van der Waals surface area contributed by atoms with Gasteiger partial charge in [0.1, 0.15) is 5.70 Å². The minimum Gasteiger partial charge on any atom is -0.465 e. The van der Waals surface area contributed by atoms with E-state index in [2.05, 4.69) is 0 Å². The van der Waals surface area contributed by atoms with E-state index < -0.39 is 22.0 Å². The van der Waals surface area contributed by atoms with Gasteiger partial charge < -0.3 is 14.4 Å². The van der Waals surface area contributed by atoms with E-state index in [9.17, 15) is 18.0 Å². The van der Waals surface area contributed by atoms with Crippen LogP contribution in [0.2, 0.25) is 0 Å². The highest BCUT2D eigenvalue weighted by atomic mass is 32.2. The van der Waals surface area contributed by atoms with Crippen molar-refractivity contribution < 1.29 is 27.5 Å². The molecule has 0 saturated carbocycles. The van der Waals surface area contributed by atoms with Gasteiger partial charge in [0.15, 0.2) is 0 Å². The molecule has 0 saturated heterocycles. The number of methoxy groups -OCH3 is 2. The van der Waals surface area contributed by atoms with Crippen LogP contribution < -0.4 is 10.0 Å². The predicted octanol–water partition coefficient (Wildman–Crippen LogP) is 0.965. The zero-order valence-corrected chi connectivity index (χ0v) is 15.0. The van der Waals surface area contributed by atoms with Crippen molar-refractivity contribution in [3.63, 3.8) is 0 Å². The fourth-order valence-corrected chi connectivity index (χ4v) is 3.04. The number of primary sulfonamides is 1. The summed E-state index contributed by atoms with van der Waals surface area (Å²) in [4.78, 5) is 25.8. The molecule has 8 nitrogen and oxygen atoms in total. The summed E-state index contributed by atoms with van der Waals surface area (Å²) in [7, 11) is -1.33. The molecular weight excluding hydrogens is 360 g/mol. The molecule has 9 heteroatoms. The van der Waals surface area contributed by atoms with Crippen molar-refractivity contribution in [3.8, 4) is 0 Å². The topological polar surface area (TPSA) is 116 Å². The van der Waals surface area contributed by atoms with Crippen molar-refractivity contribution in [2.75, 3.05) is 19.1 Å². The normalized spacial score (nSPS) is 14.2. The fraction of sp³-hybridized carbons (Fsp3) is 0.176. The first-order chi connectivity index (χ1) is 12.3. The standard InChI is InChI=1S/C17H18N2O6S/c1-24-16(20)14-8-3-4-9-19(15(14)17(21)25-2)13-7-5-6-12(10-13)11-26(18,22)23/h3-10H,11H2,1-2H3,(H2,18,22,23). The average molecular weight is 378 g/mol. The first-order valence-corrected chi connectivity index (χ1v) is 9.13. The van der Waals surface area contributed by atoms with E-state index in [1.165, 1.54) is 25.2 Å². The molecule has 0 unspecified atom stereocenters. The Bertz CT molecular complexity index is 915. The highest BCUT2D eigenvalue weighted by Gasteiger charge is 2.27. The summed E-state index contributed by atoms with van der Waals surface area (Å²) < 4.78 is 32.2. The molecule has 1 aliphatic rings. The van der Waals surface area contributed by atoms with E-state index in [0.717, 1.165) is 0 Å². The Morgan fingerprint density at radius 3 is 2.42 bits per heavy atom. The van der Waals surface area contributed by atoms with Gasteiger partial charge in [-0.05, 0) is 29.8 Å². The molecule has 0 fully saturated rings. The molecule has 26 heavy (non-hydrogen) atoms. The Hall–Kier alpha value is -2.91. The van der Waals surface area contributed by atoms with E-state index in [1.807, 2.05) is 0 Å². The maximum atomic E-state index is 12.3. The molecule has 0 amide bonds. The van der Waals surface area contributed by atoms with Gasteiger partial charge in [-0.1, -0.05) is 18.2 Å². The maximum absolute atomic E-state index is 12.3. The van der Waals surface area contributed by atoms with Gasteiger partial charge in [0, 0.05) is 11.9 Å². The summed E-state index contributed by atoms with van der Waals surface area (Å²) in [5, 5.41) is 5.09. The maximum Gasteiger partial charge on any atom is 0.355 e. The Kier molecular flexibility index (Phi) is 5.96. The van der Waals surface area contributed by atoms with Crippen molar-refractivity contribution in [2.24, 2.45) is 5.14 Å². The van der Waals surface area contributed by atoms with E-state index in [1.54, 1.807) is 42.6 Å². The van der Waals surface area contributed by atoms with E-state index >= 15 is 0 Å². The van der Waals surface area contributed by atoms with Gasteiger partial charge in [-0.15, -0.1) is 0 Å². The number of carbonyl (C=O) groups is 2. The zero-order valence-electron chi connectivity index (χ0n) is 14.2. The molecular formula is C17H18N2O6S. The molecule has 1 heterocycles. The van der Waals surface area contributed by atoms with Gasteiger partial charge in [-0.25, -0.2) is 23.1 Å². The monoisotopic (exact) mass is 378 g/mol. The van der Waals surface area contributed by atoms with Crippen LogP contribution in [-0.4, -0.2) is 34.6 Å². The van der Waals surface area contributed by atoms with Crippen LogP contribution in [0.25, 0.3) is 0 Å². The number of ether oxygens (including phenoxy) is 2. The third-order valence-corrected chi connectivity index (χ3v) is 4.18. The predicted molar refractivity (Wildman–Crippen MR) is 95.1 cm³/mol. The number of nitrogens with two attached hydrogens (primary N) is 1. The lowest BCUT2D eigenvalue weighted by atomic mass is 10.1. The number of anilines is 1. The molecule has 0 spiro atoms. The van der Waals surface area contributed by atoms with Crippen LogP contribution in [-0.2, 0) is 34.8 Å². The second-order valence-electron chi connectivity index (χ2n) is 5.29. The van der Waals surface area contributed by atoms with E-state index in [4.69, 9.17) is 14.6 Å². The molecule has 0 aliphatic carbocycles. The number of esters is 2. The van der Waals surface area contributed by atoms with Gasteiger partial charge in [-0.2, -0.15) is 0 Å². The Balaban J connectivity index is 2.60. The summed E-state index contributed by atoms with van der Waals surface area (Å²) in [5.74, 6) is -1.83. The van der Waals surface area contributed by atoms with Crippen molar-refractivity contribution in [2.45, 2.75) is 5.75 Å². The summed E-state index contributed by atoms with van der Waals surface area (Å²) in [6.07, 6.45) is 6.17. The molecule has 0 aromatic heterocycles. The highest BCUT2D eigenvalue weighted by molar-refractivity contribution is 7.88. The molecule has 0 atom stereocenters. The van der Waals surface area contributed by atoms with Crippen LogP contribution in [0.1, 0.15) is 5.56 Å². The second kappa shape index (κ2) is 7.98. The molecule has 0 radical (unpaired) electrons. The van der Waals surface area contributed by atoms with E-state index in [0.29, 0.717) is 11.3 Å². The number of nitrogens with zero attached hydrogens (tertiary/aromatic N) is 1. The summed E-state index contributed by atoms with van der Waals surface area (Å²) in [6.45, 7) is 0. The van der Waals surface area contributed by atoms with Crippen LogP contribution in [0.15, 0.2) is 60.0 Å². The Morgan fingerprint density at radius 2 is 1.81 bits per heavy atom. The van der Waals surface area contributed by atoms with Crippen LogP contribution in [0.5, 0.6) is 0 Å². The van der Waals surface area contributed by atoms with Crippen LogP contribution in [0.3, 0.4) is 0 Å². The molecule has 1 aromatic rings. The average Bonchev–Trinajstić information content (AvgIpc) is 2.82. The number of rotatable bonds is 5. The minimum atomic E-state index is -3.72. The van der Waals surface area contributed by atoms with Crippen molar-refractivity contribution in [1.82, 2.24) is 0 Å². The Morgan fingerprint density at radius 1 is 1.12 bits per heavy atom. The number of sulfonamides is 1. The second-order valence-corrected chi connectivity index (χ2v) is 6.91. The highest BCUT2D eigenvalue weighted by Crippen LogP contribution is 2.27. The first-order valence-electron chi connectivity index (χ1n) is 7.41. The summed E-state index contributed by atoms with van der Waals surface area (Å²) in [6, 6.07) is 6.42. The fourth-order valence-electron chi connectivity index (χ4n) is 2.39. The molecule has 2 rings (SSSR count). The zero-order chi connectivity index (χ0) is 19.3. The SMILES string of the molecule is COC(=O)C1=C(C(=O)OC)N(c2cccc(CS(N)(=O)=O)c2)C=CC=C1. The quantitative estimate of drug-likeness (QED) is 0.759. The minimum absolute atomic E-state index is 0.00111. The van der Waals surface area contributed by atoms with Gasteiger partial charge in [0.25, 0.3) is 0 Å². The Labute approximate surface area is 151 Å². The van der Waals surface area contributed by atoms with Gasteiger partial charge in [-0.3, -0.25) is 0 Å².